The molecule has 4 nitrogen and oxygen atoms in total. The van der Waals surface area contributed by atoms with Gasteiger partial charge in [-0.1, -0.05) is 97.6 Å². The number of aliphatic carboxylic acids is 1. The van der Waals surface area contributed by atoms with E-state index in [-0.39, 0.29) is 11.1 Å². The van der Waals surface area contributed by atoms with Gasteiger partial charge in [-0.25, -0.2) is 9.59 Å². The molecule has 0 bridgehead atoms. The lowest BCUT2D eigenvalue weighted by molar-refractivity contribution is -0.130. The summed E-state index contributed by atoms with van der Waals surface area (Å²) in [4.78, 5) is 24.6. The number of hydrogen-bond acceptors (Lipinski definition) is 2. The molecule has 0 saturated heterocycles. The number of hydrogen-bond donors (Lipinski definition) is 2. The number of rotatable bonds is 6. The summed E-state index contributed by atoms with van der Waals surface area (Å²) in [6.45, 7) is 3.83. The SMILES string of the molecule is C=Cc1ccccc1/C=C(\C(=O)O)c1cccc2c(-c3cc4ccccc4cc3C(=O)O)cccc12. The highest BCUT2D eigenvalue weighted by Crippen LogP contribution is 2.37. The highest BCUT2D eigenvalue weighted by Gasteiger charge is 2.19. The Morgan fingerprint density at radius 1 is 0.639 bits per heavy atom. The number of aromatic carboxylic acids is 1. The number of carbonyl (C=O) groups is 2. The molecule has 0 aromatic heterocycles. The van der Waals surface area contributed by atoms with Gasteiger partial charge in [-0.3, -0.25) is 0 Å². The van der Waals surface area contributed by atoms with Crippen LogP contribution in [0.25, 0.3) is 50.4 Å². The van der Waals surface area contributed by atoms with E-state index in [0.717, 1.165) is 38.2 Å². The third-order valence-electron chi connectivity index (χ3n) is 6.36. The molecule has 5 aromatic rings. The van der Waals surface area contributed by atoms with E-state index in [2.05, 4.69) is 6.58 Å². The molecule has 4 heteroatoms. The van der Waals surface area contributed by atoms with Crippen LogP contribution < -0.4 is 0 Å². The van der Waals surface area contributed by atoms with Crippen LogP contribution in [0.5, 0.6) is 0 Å². The average molecular weight is 471 g/mol. The Balaban J connectivity index is 1.78. The summed E-state index contributed by atoms with van der Waals surface area (Å²) in [5, 5.41) is 23.4. The van der Waals surface area contributed by atoms with Crippen LogP contribution in [0, 0.1) is 0 Å². The van der Waals surface area contributed by atoms with Crippen LogP contribution in [0.3, 0.4) is 0 Å². The van der Waals surface area contributed by atoms with Gasteiger partial charge in [0.1, 0.15) is 0 Å². The van der Waals surface area contributed by atoms with Gasteiger partial charge in [0.15, 0.2) is 0 Å². The van der Waals surface area contributed by atoms with E-state index in [9.17, 15) is 19.8 Å². The normalized spacial score (nSPS) is 11.5. The molecule has 0 radical (unpaired) electrons. The summed E-state index contributed by atoms with van der Waals surface area (Å²) >= 11 is 0. The molecule has 2 N–H and O–H groups in total. The Morgan fingerprint density at radius 3 is 1.97 bits per heavy atom. The number of carboxylic acid groups (broad SMARTS) is 2. The van der Waals surface area contributed by atoms with Crippen molar-refractivity contribution < 1.29 is 19.8 Å². The van der Waals surface area contributed by atoms with Crippen molar-refractivity contribution in [2.24, 2.45) is 0 Å². The fourth-order valence-electron chi connectivity index (χ4n) is 4.66. The van der Waals surface area contributed by atoms with Crippen molar-refractivity contribution in [1.82, 2.24) is 0 Å². The first kappa shape index (κ1) is 22.8. The lowest BCUT2D eigenvalue weighted by Crippen LogP contribution is -2.02. The second kappa shape index (κ2) is 9.35. The summed E-state index contributed by atoms with van der Waals surface area (Å²) in [5.41, 5.74) is 3.79. The highest BCUT2D eigenvalue weighted by molar-refractivity contribution is 6.25. The monoisotopic (exact) mass is 470 g/mol. The van der Waals surface area contributed by atoms with Gasteiger partial charge >= 0.3 is 11.9 Å². The van der Waals surface area contributed by atoms with Crippen LogP contribution in [0.15, 0.2) is 104 Å². The third-order valence-corrected chi connectivity index (χ3v) is 6.36. The second-order valence-electron chi connectivity index (χ2n) is 8.45. The van der Waals surface area contributed by atoms with Crippen molar-refractivity contribution in [3.05, 3.63) is 126 Å². The maximum absolute atomic E-state index is 12.4. The molecule has 0 heterocycles. The van der Waals surface area contributed by atoms with Gasteiger partial charge in [0.05, 0.1) is 11.1 Å². The molecule has 0 unspecified atom stereocenters. The van der Waals surface area contributed by atoms with Gasteiger partial charge in [-0.15, -0.1) is 0 Å². The van der Waals surface area contributed by atoms with Gasteiger partial charge in [-0.2, -0.15) is 0 Å². The largest absolute Gasteiger partial charge is 0.478 e. The Kier molecular flexibility index (Phi) is 5.93. The van der Waals surface area contributed by atoms with Gasteiger partial charge in [-0.05, 0) is 67.6 Å². The molecule has 0 fully saturated rings. The molecule has 0 aliphatic heterocycles. The van der Waals surface area contributed by atoms with Crippen LogP contribution in [0.2, 0.25) is 0 Å². The number of benzene rings is 5. The van der Waals surface area contributed by atoms with Crippen molar-refractivity contribution in [3.63, 3.8) is 0 Å². The summed E-state index contributed by atoms with van der Waals surface area (Å²) in [7, 11) is 0. The highest BCUT2D eigenvalue weighted by atomic mass is 16.4. The van der Waals surface area contributed by atoms with Gasteiger partial charge in [0.2, 0.25) is 0 Å². The smallest absolute Gasteiger partial charge is 0.336 e. The van der Waals surface area contributed by atoms with E-state index in [1.807, 2.05) is 78.9 Å². The maximum Gasteiger partial charge on any atom is 0.336 e. The van der Waals surface area contributed by atoms with Gasteiger partial charge in [0.25, 0.3) is 0 Å². The first-order chi connectivity index (χ1) is 17.5. The van der Waals surface area contributed by atoms with Gasteiger partial charge < -0.3 is 10.2 Å². The molecule has 5 rings (SSSR count). The zero-order valence-corrected chi connectivity index (χ0v) is 19.3. The minimum absolute atomic E-state index is 0.143. The fourth-order valence-corrected chi connectivity index (χ4v) is 4.66. The zero-order valence-electron chi connectivity index (χ0n) is 19.3. The van der Waals surface area contributed by atoms with E-state index in [0.29, 0.717) is 11.1 Å². The van der Waals surface area contributed by atoms with Crippen LogP contribution >= 0.6 is 0 Å². The number of carboxylic acids is 2. The van der Waals surface area contributed by atoms with Crippen LogP contribution in [-0.2, 0) is 4.79 Å². The van der Waals surface area contributed by atoms with Crippen LogP contribution in [-0.4, -0.2) is 22.2 Å². The molecule has 0 atom stereocenters. The van der Waals surface area contributed by atoms with Crippen molar-refractivity contribution in [2.45, 2.75) is 0 Å². The Hall–Kier alpha value is -4.96. The lowest BCUT2D eigenvalue weighted by Gasteiger charge is -2.14. The fraction of sp³-hybridized carbons (Fsp3) is 0. The van der Waals surface area contributed by atoms with Crippen LogP contribution in [0.4, 0.5) is 0 Å². The number of fused-ring (bicyclic) bond motifs is 2. The summed E-state index contributed by atoms with van der Waals surface area (Å²) in [6.07, 6.45) is 3.35. The Morgan fingerprint density at radius 2 is 1.28 bits per heavy atom. The zero-order chi connectivity index (χ0) is 25.2. The second-order valence-corrected chi connectivity index (χ2v) is 8.45. The van der Waals surface area contributed by atoms with E-state index in [4.69, 9.17) is 0 Å². The Labute approximate surface area is 208 Å². The van der Waals surface area contributed by atoms with Crippen molar-refractivity contribution in [1.29, 1.82) is 0 Å². The van der Waals surface area contributed by atoms with Crippen molar-refractivity contribution >= 4 is 51.2 Å². The van der Waals surface area contributed by atoms with Crippen molar-refractivity contribution in [3.8, 4) is 11.1 Å². The molecule has 0 spiro atoms. The Bertz CT molecular complexity index is 1710. The molecule has 174 valence electrons. The molecule has 0 amide bonds. The third kappa shape index (κ3) is 4.05. The molecule has 0 aliphatic carbocycles. The van der Waals surface area contributed by atoms with Crippen LogP contribution in [0.1, 0.15) is 27.0 Å². The van der Waals surface area contributed by atoms with Crippen molar-refractivity contribution in [2.75, 3.05) is 0 Å². The molecule has 0 saturated carbocycles. The molecular weight excluding hydrogens is 448 g/mol. The van der Waals surface area contributed by atoms with E-state index >= 15 is 0 Å². The molecule has 5 aromatic carbocycles. The minimum Gasteiger partial charge on any atom is -0.478 e. The van der Waals surface area contributed by atoms with E-state index in [1.165, 1.54) is 0 Å². The quantitative estimate of drug-likeness (QED) is 0.198. The van der Waals surface area contributed by atoms with E-state index in [1.54, 1.807) is 30.4 Å². The summed E-state index contributed by atoms with van der Waals surface area (Å²) in [6, 6.07) is 29.7. The van der Waals surface area contributed by atoms with E-state index < -0.39 is 11.9 Å². The minimum atomic E-state index is -1.05. The first-order valence-electron chi connectivity index (χ1n) is 11.4. The predicted octanol–water partition coefficient (Wildman–Crippen LogP) is 7.63. The summed E-state index contributed by atoms with van der Waals surface area (Å²) in [5.74, 6) is -2.07. The molecular formula is C32H22O4. The van der Waals surface area contributed by atoms with Gasteiger partial charge in [0, 0.05) is 0 Å². The lowest BCUT2D eigenvalue weighted by atomic mass is 9.89. The molecule has 36 heavy (non-hydrogen) atoms. The predicted molar refractivity (Wildman–Crippen MR) is 146 cm³/mol. The summed E-state index contributed by atoms with van der Waals surface area (Å²) < 4.78 is 0. The molecule has 0 aliphatic rings. The first-order valence-corrected chi connectivity index (χ1v) is 11.4. The average Bonchev–Trinajstić information content (AvgIpc) is 2.90. The standard InChI is InChI=1S/C32H22O4/c1-2-20-9-3-4-10-21(20)18-29(31(33)34)27-16-8-13-24-25(27)14-7-15-26(24)28-17-22-11-5-6-12-23(22)19-30(28)32(35)36/h2-19H,1H2,(H,33,34)(H,35,36)/b29-18-. The topological polar surface area (TPSA) is 74.6 Å². The maximum atomic E-state index is 12.4.